The Hall–Kier alpha value is -2.69. The number of amides is 1. The van der Waals surface area contributed by atoms with Gasteiger partial charge in [-0.15, -0.1) is 11.3 Å². The molecule has 0 saturated heterocycles. The number of nitrogens with one attached hydrogen (secondary N) is 1. The van der Waals surface area contributed by atoms with Gasteiger partial charge in [0.2, 0.25) is 5.91 Å². The molecule has 0 spiro atoms. The Bertz CT molecular complexity index is 966. The van der Waals surface area contributed by atoms with E-state index >= 15 is 0 Å². The van der Waals surface area contributed by atoms with Crippen LogP contribution in [0.3, 0.4) is 0 Å². The zero-order valence-corrected chi connectivity index (χ0v) is 14.1. The Labute approximate surface area is 149 Å². The van der Waals surface area contributed by atoms with Crippen LogP contribution < -0.4 is 5.32 Å². The third kappa shape index (κ3) is 3.09. The second kappa shape index (κ2) is 6.24. The van der Waals surface area contributed by atoms with Gasteiger partial charge in [-0.1, -0.05) is 0 Å². The fraction of sp³-hybridized carbons (Fsp3) is 0.333. The number of hydrogen-bond donors (Lipinski definition) is 1. The van der Waals surface area contributed by atoms with Crippen LogP contribution in [-0.2, 0) is 23.9 Å². The normalized spacial score (nSPS) is 14.5. The Balaban J connectivity index is 1.51. The molecular formula is C15H13F3N6OS. The number of carbonyl (C=O) groups is 1. The molecule has 1 N–H and O–H groups in total. The molecule has 0 fully saturated rings. The molecule has 0 atom stereocenters. The smallest absolute Gasteiger partial charge is 0.361 e. The topological polar surface area (TPSA) is 75.4 Å². The Morgan fingerprint density at radius 2 is 2.23 bits per heavy atom. The van der Waals surface area contributed by atoms with Crippen molar-refractivity contribution < 1.29 is 18.0 Å². The van der Waals surface area contributed by atoms with Crippen LogP contribution in [0.25, 0.3) is 5.78 Å². The molecule has 0 saturated carbocycles. The maximum Gasteiger partial charge on any atom is 0.433 e. The van der Waals surface area contributed by atoms with E-state index in [9.17, 15) is 18.0 Å². The number of rotatable bonds is 3. The van der Waals surface area contributed by atoms with Crippen LogP contribution in [0.15, 0.2) is 23.8 Å². The second-order valence-corrected chi connectivity index (χ2v) is 6.78. The Kier molecular flexibility index (Phi) is 4.02. The molecule has 136 valence electrons. The van der Waals surface area contributed by atoms with Crippen molar-refractivity contribution in [2.45, 2.75) is 19.1 Å². The van der Waals surface area contributed by atoms with Crippen LogP contribution in [0.1, 0.15) is 16.1 Å². The van der Waals surface area contributed by atoms with E-state index in [0.29, 0.717) is 13.1 Å². The first kappa shape index (κ1) is 16.8. The number of alkyl halides is 3. The molecule has 26 heavy (non-hydrogen) atoms. The van der Waals surface area contributed by atoms with Crippen molar-refractivity contribution in [1.82, 2.24) is 24.5 Å². The van der Waals surface area contributed by atoms with E-state index in [0.717, 1.165) is 28.9 Å². The largest absolute Gasteiger partial charge is 0.433 e. The molecule has 11 heteroatoms. The lowest BCUT2D eigenvalue weighted by Gasteiger charge is -2.27. The first-order valence-corrected chi connectivity index (χ1v) is 8.64. The SMILES string of the molecule is O=C(CNc1cc(C(F)(F)F)nc2ncnn12)N1CCc2sccc2C1. The number of anilines is 1. The van der Waals surface area contributed by atoms with E-state index in [4.69, 9.17) is 0 Å². The fourth-order valence-electron chi connectivity index (χ4n) is 2.82. The zero-order valence-electron chi connectivity index (χ0n) is 13.3. The molecule has 0 unspecified atom stereocenters. The van der Waals surface area contributed by atoms with Crippen molar-refractivity contribution >= 4 is 28.8 Å². The summed E-state index contributed by atoms with van der Waals surface area (Å²) in [4.78, 5) is 22.5. The van der Waals surface area contributed by atoms with E-state index in [2.05, 4.69) is 20.4 Å². The number of carbonyl (C=O) groups excluding carboxylic acids is 1. The van der Waals surface area contributed by atoms with Gasteiger partial charge in [-0.2, -0.15) is 27.8 Å². The standard InChI is InChI=1S/C15H13F3N6OS/c16-15(17,18)11-5-12(24-14(22-11)20-8-21-24)19-6-13(25)23-3-1-10-9(7-23)2-4-26-10/h2,4-5,8,19H,1,3,6-7H2. The number of halogens is 3. The summed E-state index contributed by atoms with van der Waals surface area (Å²) in [7, 11) is 0. The predicted octanol–water partition coefficient (Wildman–Crippen LogP) is 2.20. The fourth-order valence-corrected chi connectivity index (χ4v) is 3.71. The number of thiophene rings is 1. The van der Waals surface area contributed by atoms with E-state index in [-0.39, 0.29) is 24.0 Å². The molecule has 0 aromatic carbocycles. The van der Waals surface area contributed by atoms with Crippen molar-refractivity contribution in [3.05, 3.63) is 40.0 Å². The van der Waals surface area contributed by atoms with Gasteiger partial charge in [-0.3, -0.25) is 4.79 Å². The van der Waals surface area contributed by atoms with Crippen LogP contribution in [0, 0.1) is 0 Å². The minimum absolute atomic E-state index is 0.0152. The van der Waals surface area contributed by atoms with Crippen LogP contribution in [0.5, 0.6) is 0 Å². The first-order chi connectivity index (χ1) is 12.4. The van der Waals surface area contributed by atoms with Crippen molar-refractivity contribution in [1.29, 1.82) is 0 Å². The molecule has 3 aromatic rings. The number of fused-ring (bicyclic) bond motifs is 2. The monoisotopic (exact) mass is 382 g/mol. The predicted molar refractivity (Wildman–Crippen MR) is 87.7 cm³/mol. The van der Waals surface area contributed by atoms with Gasteiger partial charge in [-0.25, -0.2) is 4.98 Å². The quantitative estimate of drug-likeness (QED) is 0.752. The molecule has 3 aromatic heterocycles. The highest BCUT2D eigenvalue weighted by atomic mass is 32.1. The van der Waals surface area contributed by atoms with Crippen LogP contribution in [0.2, 0.25) is 0 Å². The second-order valence-electron chi connectivity index (χ2n) is 5.78. The lowest BCUT2D eigenvalue weighted by atomic mass is 10.1. The summed E-state index contributed by atoms with van der Waals surface area (Å²) >= 11 is 1.67. The van der Waals surface area contributed by atoms with Gasteiger partial charge in [0.05, 0.1) is 6.54 Å². The molecule has 0 aliphatic carbocycles. The van der Waals surface area contributed by atoms with E-state index in [1.165, 1.54) is 4.88 Å². The van der Waals surface area contributed by atoms with Crippen molar-refractivity contribution in [3.8, 4) is 0 Å². The van der Waals surface area contributed by atoms with Crippen molar-refractivity contribution in [2.24, 2.45) is 0 Å². The highest BCUT2D eigenvalue weighted by Crippen LogP contribution is 2.29. The Morgan fingerprint density at radius 3 is 3.04 bits per heavy atom. The van der Waals surface area contributed by atoms with Gasteiger partial charge in [0.15, 0.2) is 5.69 Å². The van der Waals surface area contributed by atoms with Crippen molar-refractivity contribution in [2.75, 3.05) is 18.4 Å². The summed E-state index contributed by atoms with van der Waals surface area (Å²) in [6.07, 6.45) is -2.71. The van der Waals surface area contributed by atoms with Crippen LogP contribution in [-0.4, -0.2) is 43.5 Å². The van der Waals surface area contributed by atoms with Gasteiger partial charge < -0.3 is 10.2 Å². The lowest BCUT2D eigenvalue weighted by molar-refractivity contribution is -0.141. The number of hydrogen-bond acceptors (Lipinski definition) is 6. The summed E-state index contributed by atoms with van der Waals surface area (Å²) in [5.74, 6) is -0.363. The van der Waals surface area contributed by atoms with E-state index in [1.54, 1.807) is 16.2 Å². The summed E-state index contributed by atoms with van der Waals surface area (Å²) in [5.41, 5.74) is 0.0328. The average Bonchev–Trinajstić information content (AvgIpc) is 3.26. The molecule has 4 heterocycles. The summed E-state index contributed by atoms with van der Waals surface area (Å²) in [5, 5.41) is 8.57. The molecule has 0 bridgehead atoms. The van der Waals surface area contributed by atoms with Gasteiger partial charge in [0.1, 0.15) is 12.1 Å². The van der Waals surface area contributed by atoms with Gasteiger partial charge in [0, 0.05) is 24.0 Å². The highest BCUT2D eigenvalue weighted by molar-refractivity contribution is 7.10. The molecule has 7 nitrogen and oxygen atoms in total. The molecule has 0 radical (unpaired) electrons. The maximum atomic E-state index is 13.0. The third-order valence-electron chi connectivity index (χ3n) is 4.12. The maximum absolute atomic E-state index is 13.0. The highest BCUT2D eigenvalue weighted by Gasteiger charge is 2.34. The van der Waals surface area contributed by atoms with Gasteiger partial charge in [-0.05, 0) is 23.4 Å². The molecule has 1 aliphatic heterocycles. The Morgan fingerprint density at radius 1 is 1.38 bits per heavy atom. The molecule has 4 rings (SSSR count). The summed E-state index contributed by atoms with van der Waals surface area (Å²) in [6.45, 7) is 0.967. The summed E-state index contributed by atoms with van der Waals surface area (Å²) in [6, 6.07) is 2.81. The van der Waals surface area contributed by atoms with Crippen LogP contribution >= 0.6 is 11.3 Å². The van der Waals surface area contributed by atoms with Crippen LogP contribution in [0.4, 0.5) is 19.0 Å². The van der Waals surface area contributed by atoms with E-state index < -0.39 is 11.9 Å². The average molecular weight is 382 g/mol. The first-order valence-electron chi connectivity index (χ1n) is 7.76. The third-order valence-corrected chi connectivity index (χ3v) is 5.15. The zero-order chi connectivity index (χ0) is 18.3. The molecule has 1 amide bonds. The summed E-state index contributed by atoms with van der Waals surface area (Å²) < 4.78 is 40.1. The molecule has 1 aliphatic rings. The van der Waals surface area contributed by atoms with Gasteiger partial charge in [0.25, 0.3) is 5.78 Å². The minimum atomic E-state index is -4.61. The van der Waals surface area contributed by atoms with E-state index in [1.807, 2.05) is 11.4 Å². The van der Waals surface area contributed by atoms with Crippen molar-refractivity contribution in [3.63, 3.8) is 0 Å². The van der Waals surface area contributed by atoms with Gasteiger partial charge >= 0.3 is 6.18 Å². The number of aromatic nitrogens is 4. The minimum Gasteiger partial charge on any atom is -0.361 e. The number of nitrogens with zero attached hydrogens (tertiary/aromatic N) is 5. The molecular weight excluding hydrogens is 369 g/mol. The lowest BCUT2D eigenvalue weighted by Crippen LogP contribution is -2.39.